The number of rotatable bonds is 6. The summed E-state index contributed by atoms with van der Waals surface area (Å²) in [5.74, 6) is -0.321. The van der Waals surface area contributed by atoms with Gasteiger partial charge in [0.2, 0.25) is 0 Å². The van der Waals surface area contributed by atoms with Gasteiger partial charge < -0.3 is 13.9 Å². The van der Waals surface area contributed by atoms with Crippen LogP contribution in [0.1, 0.15) is 56.1 Å². The summed E-state index contributed by atoms with van der Waals surface area (Å²) in [6.45, 7) is 13.4. The molecule has 4 nitrogen and oxygen atoms in total. The zero-order valence-electron chi connectivity index (χ0n) is 15.9. The topological polar surface area (TPSA) is 48.1 Å². The number of ether oxygens (including phenoxy) is 2. The quantitative estimate of drug-likeness (QED) is 0.423. The van der Waals surface area contributed by atoms with E-state index in [1.165, 1.54) is 7.11 Å². The molecule has 5 heteroatoms. The van der Waals surface area contributed by atoms with Gasteiger partial charge in [-0.15, -0.1) is 0 Å². The standard InChI is InChI=1S/C19H30O4Si/c1-8-15(23-24(6,7)19(2,3)4)17-16(22-17)13-10-9-11-14(12-13)18(20)21-5/h9-12,15-17H,8H2,1-7H3/t15?,16-,17-/m1/s1. The fourth-order valence-corrected chi connectivity index (χ4v) is 3.98. The first-order valence-corrected chi connectivity index (χ1v) is 11.5. The summed E-state index contributed by atoms with van der Waals surface area (Å²) in [4.78, 5) is 11.7. The van der Waals surface area contributed by atoms with Crippen molar-refractivity contribution < 1.29 is 18.7 Å². The lowest BCUT2D eigenvalue weighted by molar-refractivity contribution is 0.0600. The molecule has 0 amide bonds. The minimum Gasteiger partial charge on any atom is -0.465 e. The maximum absolute atomic E-state index is 11.7. The van der Waals surface area contributed by atoms with Crippen LogP contribution in [0.2, 0.25) is 18.1 Å². The van der Waals surface area contributed by atoms with Gasteiger partial charge in [-0.05, 0) is 42.2 Å². The van der Waals surface area contributed by atoms with E-state index in [-0.39, 0.29) is 29.3 Å². The third-order valence-electron chi connectivity index (χ3n) is 5.18. The average Bonchev–Trinajstić information content (AvgIpc) is 3.31. The van der Waals surface area contributed by atoms with Crippen molar-refractivity contribution in [2.24, 2.45) is 0 Å². The van der Waals surface area contributed by atoms with Gasteiger partial charge >= 0.3 is 5.97 Å². The molecular formula is C19H30O4Si. The molecule has 1 aromatic rings. The molecule has 0 radical (unpaired) electrons. The Balaban J connectivity index is 2.09. The number of esters is 1. The first-order chi connectivity index (χ1) is 11.1. The van der Waals surface area contributed by atoms with E-state index in [4.69, 9.17) is 13.9 Å². The Labute approximate surface area is 146 Å². The molecule has 1 heterocycles. The minimum absolute atomic E-state index is 0.00400. The number of epoxide rings is 1. The number of benzene rings is 1. The van der Waals surface area contributed by atoms with Crippen LogP contribution in [0.4, 0.5) is 0 Å². The summed E-state index contributed by atoms with van der Waals surface area (Å²) >= 11 is 0. The van der Waals surface area contributed by atoms with Crippen molar-refractivity contribution in [1.29, 1.82) is 0 Å². The van der Waals surface area contributed by atoms with Crippen LogP contribution in [0.3, 0.4) is 0 Å². The second-order valence-electron chi connectivity index (χ2n) is 7.96. The van der Waals surface area contributed by atoms with Crippen LogP contribution in [-0.4, -0.2) is 33.6 Å². The third-order valence-corrected chi connectivity index (χ3v) is 9.69. The molecule has 1 saturated heterocycles. The first kappa shape index (κ1) is 19.2. The lowest BCUT2D eigenvalue weighted by Crippen LogP contribution is -2.45. The predicted molar refractivity (Wildman–Crippen MR) is 97.8 cm³/mol. The zero-order chi connectivity index (χ0) is 18.1. The second kappa shape index (κ2) is 6.98. The second-order valence-corrected chi connectivity index (χ2v) is 12.7. The van der Waals surface area contributed by atoms with E-state index in [2.05, 4.69) is 40.8 Å². The largest absolute Gasteiger partial charge is 0.465 e. The number of hydrogen-bond acceptors (Lipinski definition) is 4. The molecule has 1 fully saturated rings. The van der Waals surface area contributed by atoms with Crippen LogP contribution in [-0.2, 0) is 13.9 Å². The lowest BCUT2D eigenvalue weighted by atomic mass is 10.0. The van der Waals surface area contributed by atoms with Crippen LogP contribution < -0.4 is 0 Å². The average molecular weight is 351 g/mol. The van der Waals surface area contributed by atoms with Gasteiger partial charge in [0.05, 0.1) is 18.8 Å². The van der Waals surface area contributed by atoms with Crippen LogP contribution in [0.15, 0.2) is 24.3 Å². The van der Waals surface area contributed by atoms with Crippen molar-refractivity contribution in [3.63, 3.8) is 0 Å². The smallest absolute Gasteiger partial charge is 0.337 e. The highest BCUT2D eigenvalue weighted by Crippen LogP contribution is 2.46. The van der Waals surface area contributed by atoms with E-state index < -0.39 is 8.32 Å². The highest BCUT2D eigenvalue weighted by Gasteiger charge is 2.49. The molecule has 0 aromatic heterocycles. The molecule has 0 saturated carbocycles. The summed E-state index contributed by atoms with van der Waals surface area (Å²) in [6, 6.07) is 7.48. The Hall–Kier alpha value is -1.17. The SMILES string of the molecule is CCC(O[Si](C)(C)C(C)(C)C)[C@H]1O[C@@H]1c1cccc(C(=O)OC)c1. The summed E-state index contributed by atoms with van der Waals surface area (Å²) in [5, 5.41) is 0.176. The molecule has 3 atom stereocenters. The van der Waals surface area contributed by atoms with Crippen LogP contribution in [0.5, 0.6) is 0 Å². The van der Waals surface area contributed by atoms with E-state index >= 15 is 0 Å². The van der Waals surface area contributed by atoms with Crippen LogP contribution in [0.25, 0.3) is 0 Å². The fraction of sp³-hybridized carbons (Fsp3) is 0.632. The lowest BCUT2D eigenvalue weighted by Gasteiger charge is -2.38. The van der Waals surface area contributed by atoms with E-state index in [1.807, 2.05) is 18.2 Å². The molecule has 1 aliphatic rings. The van der Waals surface area contributed by atoms with Crippen molar-refractivity contribution in [2.75, 3.05) is 7.11 Å². The Kier molecular flexibility index (Phi) is 5.57. The number of methoxy groups -OCH3 is 1. The molecule has 1 aliphatic heterocycles. The molecule has 0 N–H and O–H groups in total. The Morgan fingerprint density at radius 2 is 2.00 bits per heavy atom. The molecular weight excluding hydrogens is 320 g/mol. The Morgan fingerprint density at radius 3 is 2.54 bits per heavy atom. The monoisotopic (exact) mass is 350 g/mol. The van der Waals surface area contributed by atoms with Crippen molar-refractivity contribution in [1.82, 2.24) is 0 Å². The Bertz CT molecular complexity index is 591. The van der Waals surface area contributed by atoms with Crippen molar-refractivity contribution in [3.8, 4) is 0 Å². The van der Waals surface area contributed by atoms with E-state index in [9.17, 15) is 4.79 Å². The van der Waals surface area contributed by atoms with Gasteiger partial charge in [-0.2, -0.15) is 0 Å². The van der Waals surface area contributed by atoms with Crippen molar-refractivity contribution in [2.45, 2.75) is 70.6 Å². The Morgan fingerprint density at radius 1 is 1.33 bits per heavy atom. The molecule has 1 unspecified atom stereocenters. The van der Waals surface area contributed by atoms with Gasteiger partial charge in [-0.3, -0.25) is 0 Å². The predicted octanol–water partition coefficient (Wildman–Crippen LogP) is 4.71. The third kappa shape index (κ3) is 4.07. The molecule has 24 heavy (non-hydrogen) atoms. The van der Waals surface area contributed by atoms with E-state index in [0.29, 0.717) is 5.56 Å². The number of carbonyl (C=O) groups is 1. The van der Waals surface area contributed by atoms with Gasteiger partial charge in [-0.25, -0.2) is 4.79 Å². The van der Waals surface area contributed by atoms with Gasteiger partial charge in [0.1, 0.15) is 12.2 Å². The summed E-state index contributed by atoms with van der Waals surface area (Å²) in [5.41, 5.74) is 1.57. The molecule has 0 aliphatic carbocycles. The number of carbonyl (C=O) groups excluding carboxylic acids is 1. The van der Waals surface area contributed by atoms with Gasteiger partial charge in [-0.1, -0.05) is 39.8 Å². The molecule has 2 rings (SSSR count). The highest BCUT2D eigenvalue weighted by atomic mass is 28.4. The summed E-state index contributed by atoms with van der Waals surface area (Å²) < 4.78 is 17.3. The van der Waals surface area contributed by atoms with Gasteiger partial charge in [0, 0.05) is 0 Å². The normalized spacial score (nSPS) is 22.1. The van der Waals surface area contributed by atoms with E-state index in [1.54, 1.807) is 6.07 Å². The van der Waals surface area contributed by atoms with Gasteiger partial charge in [0.25, 0.3) is 0 Å². The minimum atomic E-state index is -1.83. The fourth-order valence-electron chi connectivity index (χ4n) is 2.57. The van der Waals surface area contributed by atoms with Crippen LogP contribution >= 0.6 is 0 Å². The summed E-state index contributed by atoms with van der Waals surface area (Å²) in [7, 11) is -0.437. The van der Waals surface area contributed by atoms with E-state index in [0.717, 1.165) is 12.0 Å². The molecule has 1 aromatic carbocycles. The number of hydrogen-bond donors (Lipinski definition) is 0. The van der Waals surface area contributed by atoms with Gasteiger partial charge in [0.15, 0.2) is 8.32 Å². The van der Waals surface area contributed by atoms with Crippen LogP contribution in [0, 0.1) is 0 Å². The summed E-state index contributed by atoms with van der Waals surface area (Å²) in [6.07, 6.45) is 1.09. The maximum Gasteiger partial charge on any atom is 0.337 e. The highest BCUT2D eigenvalue weighted by molar-refractivity contribution is 6.74. The first-order valence-electron chi connectivity index (χ1n) is 8.62. The van der Waals surface area contributed by atoms with Crippen molar-refractivity contribution >= 4 is 14.3 Å². The molecule has 0 spiro atoms. The maximum atomic E-state index is 11.7. The molecule has 134 valence electrons. The van der Waals surface area contributed by atoms with Crippen molar-refractivity contribution in [3.05, 3.63) is 35.4 Å². The molecule has 0 bridgehead atoms. The zero-order valence-corrected chi connectivity index (χ0v) is 16.9.